The van der Waals surface area contributed by atoms with Crippen LogP contribution in [0.15, 0.2) is 47.1 Å². The molecule has 7 heteroatoms. The molecule has 0 unspecified atom stereocenters. The molecule has 0 saturated heterocycles. The lowest BCUT2D eigenvalue weighted by Crippen LogP contribution is -2.28. The third-order valence-electron chi connectivity index (χ3n) is 2.46. The van der Waals surface area contributed by atoms with Crippen LogP contribution in [0.25, 0.3) is 0 Å². The standard InChI is InChI=1S/C13H12N2O5/c16-13(14-8-10-4-3-7-19-10)9-20-12-6-2-1-5-11(12)15(17)18/h1-7H,8-9H2,(H,14,16). The number of ether oxygens (including phenoxy) is 1. The summed E-state index contributed by atoms with van der Waals surface area (Å²) in [5.41, 5.74) is -0.175. The Morgan fingerprint density at radius 1 is 1.30 bits per heavy atom. The third-order valence-corrected chi connectivity index (χ3v) is 2.46. The Hall–Kier alpha value is -2.83. The van der Waals surface area contributed by atoms with Crippen LogP contribution in [0, 0.1) is 10.1 Å². The van der Waals surface area contributed by atoms with Crippen LogP contribution in [0.3, 0.4) is 0 Å². The second-order valence-electron chi connectivity index (χ2n) is 3.87. The smallest absolute Gasteiger partial charge is 0.310 e. The van der Waals surface area contributed by atoms with E-state index in [4.69, 9.17) is 9.15 Å². The van der Waals surface area contributed by atoms with Gasteiger partial charge < -0.3 is 14.5 Å². The van der Waals surface area contributed by atoms with Gasteiger partial charge in [-0.25, -0.2) is 0 Å². The van der Waals surface area contributed by atoms with E-state index in [1.54, 1.807) is 18.2 Å². The van der Waals surface area contributed by atoms with Crippen LogP contribution in [0.1, 0.15) is 5.76 Å². The van der Waals surface area contributed by atoms with Gasteiger partial charge in [-0.15, -0.1) is 0 Å². The summed E-state index contributed by atoms with van der Waals surface area (Å²) in [4.78, 5) is 21.7. The number of hydrogen-bond donors (Lipinski definition) is 1. The monoisotopic (exact) mass is 276 g/mol. The van der Waals surface area contributed by atoms with Crippen molar-refractivity contribution < 1.29 is 18.9 Å². The number of amides is 1. The minimum atomic E-state index is -0.559. The molecule has 2 aromatic rings. The number of para-hydroxylation sites is 2. The minimum absolute atomic E-state index is 0.0608. The molecule has 1 N–H and O–H groups in total. The maximum atomic E-state index is 11.5. The van der Waals surface area contributed by atoms with Crippen LogP contribution in [0.2, 0.25) is 0 Å². The first kappa shape index (κ1) is 13.6. The lowest BCUT2D eigenvalue weighted by Gasteiger charge is -2.06. The quantitative estimate of drug-likeness (QED) is 0.642. The molecule has 1 aromatic carbocycles. The van der Waals surface area contributed by atoms with Crippen molar-refractivity contribution in [1.82, 2.24) is 5.32 Å². The molecule has 0 fully saturated rings. The molecule has 1 aromatic heterocycles. The van der Waals surface area contributed by atoms with Crippen molar-refractivity contribution in [3.63, 3.8) is 0 Å². The Labute approximate surface area is 114 Å². The predicted molar refractivity (Wildman–Crippen MR) is 69.1 cm³/mol. The van der Waals surface area contributed by atoms with Crippen LogP contribution >= 0.6 is 0 Å². The first-order chi connectivity index (χ1) is 9.66. The molecule has 1 amide bonds. The molecule has 0 saturated carbocycles. The number of furan rings is 1. The molecular weight excluding hydrogens is 264 g/mol. The highest BCUT2D eigenvalue weighted by molar-refractivity contribution is 5.77. The van der Waals surface area contributed by atoms with Gasteiger partial charge in [-0.2, -0.15) is 0 Å². The Morgan fingerprint density at radius 3 is 2.80 bits per heavy atom. The van der Waals surface area contributed by atoms with Crippen molar-refractivity contribution in [2.75, 3.05) is 6.61 Å². The van der Waals surface area contributed by atoms with E-state index in [1.165, 1.54) is 24.5 Å². The Kier molecular flexibility index (Phi) is 4.33. The average Bonchev–Trinajstić information content (AvgIpc) is 2.96. The number of nitrogens with zero attached hydrogens (tertiary/aromatic N) is 1. The molecule has 0 aliphatic rings. The molecule has 7 nitrogen and oxygen atoms in total. The fourth-order valence-corrected chi connectivity index (χ4v) is 1.52. The predicted octanol–water partition coefficient (Wildman–Crippen LogP) is 1.88. The number of rotatable bonds is 6. The van der Waals surface area contributed by atoms with Crippen LogP contribution < -0.4 is 10.1 Å². The third kappa shape index (κ3) is 3.58. The minimum Gasteiger partial charge on any atom is -0.477 e. The van der Waals surface area contributed by atoms with E-state index in [1.807, 2.05) is 0 Å². The second-order valence-corrected chi connectivity index (χ2v) is 3.87. The van der Waals surface area contributed by atoms with Crippen molar-refractivity contribution in [3.8, 4) is 5.75 Å². The van der Waals surface area contributed by atoms with Gasteiger partial charge in [-0.3, -0.25) is 14.9 Å². The molecule has 0 spiro atoms. The number of carbonyl (C=O) groups is 1. The number of nitro benzene ring substituents is 1. The molecule has 104 valence electrons. The van der Waals surface area contributed by atoms with Crippen LogP contribution in [-0.2, 0) is 11.3 Å². The Morgan fingerprint density at radius 2 is 2.10 bits per heavy atom. The van der Waals surface area contributed by atoms with Crippen molar-refractivity contribution >= 4 is 11.6 Å². The van der Waals surface area contributed by atoms with Crippen LogP contribution in [0.5, 0.6) is 5.75 Å². The maximum absolute atomic E-state index is 11.5. The second kappa shape index (κ2) is 6.37. The van der Waals surface area contributed by atoms with Crippen molar-refractivity contribution in [3.05, 3.63) is 58.5 Å². The van der Waals surface area contributed by atoms with Crippen molar-refractivity contribution in [2.24, 2.45) is 0 Å². The summed E-state index contributed by atoms with van der Waals surface area (Å²) in [6.45, 7) is -0.0579. The Balaban J connectivity index is 1.85. The van der Waals surface area contributed by atoms with E-state index in [0.29, 0.717) is 5.76 Å². The first-order valence-corrected chi connectivity index (χ1v) is 5.82. The first-order valence-electron chi connectivity index (χ1n) is 5.82. The molecule has 2 rings (SSSR count). The van der Waals surface area contributed by atoms with E-state index in [9.17, 15) is 14.9 Å². The zero-order chi connectivity index (χ0) is 14.4. The van der Waals surface area contributed by atoms with Gasteiger partial charge in [0.2, 0.25) is 0 Å². The molecule has 0 bridgehead atoms. The molecule has 0 aliphatic carbocycles. The molecule has 0 atom stereocenters. The number of nitrogens with one attached hydrogen (secondary N) is 1. The van der Waals surface area contributed by atoms with E-state index in [-0.39, 0.29) is 30.5 Å². The summed E-state index contributed by atoms with van der Waals surface area (Å²) in [5.74, 6) is 0.286. The zero-order valence-electron chi connectivity index (χ0n) is 10.4. The molecule has 20 heavy (non-hydrogen) atoms. The molecular formula is C13H12N2O5. The maximum Gasteiger partial charge on any atom is 0.310 e. The van der Waals surface area contributed by atoms with Crippen molar-refractivity contribution in [2.45, 2.75) is 6.54 Å². The number of nitro groups is 1. The largest absolute Gasteiger partial charge is 0.477 e. The lowest BCUT2D eigenvalue weighted by molar-refractivity contribution is -0.385. The Bertz CT molecular complexity index is 595. The molecule has 0 aliphatic heterocycles. The van der Waals surface area contributed by atoms with Gasteiger partial charge in [0.1, 0.15) is 5.76 Å². The number of benzene rings is 1. The summed E-state index contributed by atoms with van der Waals surface area (Å²) in [6.07, 6.45) is 1.51. The van der Waals surface area contributed by atoms with Gasteiger partial charge in [0.05, 0.1) is 17.7 Å². The summed E-state index contributed by atoms with van der Waals surface area (Å²) in [5, 5.41) is 13.3. The number of hydrogen-bond acceptors (Lipinski definition) is 5. The van der Waals surface area contributed by atoms with E-state index >= 15 is 0 Å². The summed E-state index contributed by atoms with van der Waals surface area (Å²) >= 11 is 0. The molecule has 1 heterocycles. The highest BCUT2D eigenvalue weighted by Crippen LogP contribution is 2.25. The summed E-state index contributed by atoms with van der Waals surface area (Å²) in [7, 11) is 0. The van der Waals surface area contributed by atoms with Gasteiger partial charge in [0.15, 0.2) is 12.4 Å². The summed E-state index contributed by atoms with van der Waals surface area (Å²) < 4.78 is 10.2. The number of carbonyl (C=O) groups excluding carboxylic acids is 1. The zero-order valence-corrected chi connectivity index (χ0v) is 10.4. The highest BCUT2D eigenvalue weighted by Gasteiger charge is 2.14. The van der Waals surface area contributed by atoms with E-state index < -0.39 is 4.92 Å². The van der Waals surface area contributed by atoms with Gasteiger partial charge in [0, 0.05) is 6.07 Å². The fraction of sp³-hybridized carbons (Fsp3) is 0.154. The topological polar surface area (TPSA) is 94.6 Å². The molecule has 0 radical (unpaired) electrons. The highest BCUT2D eigenvalue weighted by atomic mass is 16.6. The average molecular weight is 276 g/mol. The van der Waals surface area contributed by atoms with Gasteiger partial charge in [-0.1, -0.05) is 12.1 Å². The van der Waals surface area contributed by atoms with Crippen molar-refractivity contribution in [1.29, 1.82) is 0 Å². The van der Waals surface area contributed by atoms with Gasteiger partial charge >= 0.3 is 5.69 Å². The lowest BCUT2D eigenvalue weighted by atomic mass is 10.3. The normalized spacial score (nSPS) is 10.0. The SMILES string of the molecule is O=C(COc1ccccc1[N+](=O)[O-])NCc1ccco1. The fourth-order valence-electron chi connectivity index (χ4n) is 1.52. The summed E-state index contributed by atoms with van der Waals surface area (Å²) in [6, 6.07) is 9.33. The van der Waals surface area contributed by atoms with Crippen LogP contribution in [-0.4, -0.2) is 17.4 Å². The van der Waals surface area contributed by atoms with Gasteiger partial charge in [0.25, 0.3) is 5.91 Å². The van der Waals surface area contributed by atoms with E-state index in [0.717, 1.165) is 0 Å². The van der Waals surface area contributed by atoms with Gasteiger partial charge in [-0.05, 0) is 18.2 Å². The van der Waals surface area contributed by atoms with E-state index in [2.05, 4.69) is 5.32 Å². The van der Waals surface area contributed by atoms with Crippen LogP contribution in [0.4, 0.5) is 5.69 Å².